The maximum atomic E-state index is 11.9. The zero-order chi connectivity index (χ0) is 18.5. The van der Waals surface area contributed by atoms with Gasteiger partial charge < -0.3 is 25.2 Å². The number of carbonyl (C=O) groups is 2. The molecular weight excluding hydrogens is 360 g/mol. The molecule has 0 saturated heterocycles. The van der Waals surface area contributed by atoms with E-state index in [0.29, 0.717) is 27.8 Å². The van der Waals surface area contributed by atoms with Crippen molar-refractivity contribution in [3.63, 3.8) is 0 Å². The second-order valence-corrected chi connectivity index (χ2v) is 6.01. The zero-order valence-electron chi connectivity index (χ0n) is 13.7. The zero-order valence-corrected chi connectivity index (χ0v) is 14.5. The minimum absolute atomic E-state index is 0.129. The van der Waals surface area contributed by atoms with E-state index in [0.717, 1.165) is 0 Å². The predicted molar refractivity (Wildman–Crippen MR) is 95.2 cm³/mol. The number of anilines is 1. The first-order valence-electron chi connectivity index (χ1n) is 7.96. The van der Waals surface area contributed by atoms with Crippen LogP contribution in [0.25, 0.3) is 0 Å². The Balaban J connectivity index is 1.47. The smallest absolute Gasteiger partial charge is 0.313 e. The largest absolute Gasteiger partial charge is 0.454 e. The number of aliphatic hydroxyl groups excluding tert-OH is 1. The average Bonchev–Trinajstić information content (AvgIpc) is 3.11. The molecule has 0 aromatic heterocycles. The van der Waals surface area contributed by atoms with Crippen molar-refractivity contribution in [1.82, 2.24) is 5.32 Å². The van der Waals surface area contributed by atoms with E-state index in [1.807, 2.05) is 0 Å². The maximum absolute atomic E-state index is 11.9. The van der Waals surface area contributed by atoms with Crippen LogP contribution in [0.2, 0.25) is 5.02 Å². The molecule has 0 saturated carbocycles. The number of rotatable bonds is 5. The van der Waals surface area contributed by atoms with Gasteiger partial charge in [-0.2, -0.15) is 0 Å². The van der Waals surface area contributed by atoms with E-state index in [9.17, 15) is 14.7 Å². The van der Waals surface area contributed by atoms with E-state index in [-0.39, 0.29) is 19.8 Å². The van der Waals surface area contributed by atoms with Crippen LogP contribution in [-0.2, 0) is 9.59 Å². The van der Waals surface area contributed by atoms with Gasteiger partial charge in [-0.1, -0.05) is 29.8 Å². The van der Waals surface area contributed by atoms with Crippen LogP contribution in [0.4, 0.5) is 5.69 Å². The molecule has 26 heavy (non-hydrogen) atoms. The maximum Gasteiger partial charge on any atom is 0.313 e. The Morgan fingerprint density at radius 1 is 1.12 bits per heavy atom. The van der Waals surface area contributed by atoms with Crippen LogP contribution in [0.3, 0.4) is 0 Å². The first kappa shape index (κ1) is 18.0. The Morgan fingerprint density at radius 3 is 2.69 bits per heavy atom. The molecule has 1 atom stereocenters. The summed E-state index contributed by atoms with van der Waals surface area (Å²) in [6.45, 7) is 0.288. The first-order valence-corrected chi connectivity index (χ1v) is 8.33. The van der Waals surface area contributed by atoms with E-state index < -0.39 is 17.9 Å². The fraction of sp³-hybridized carbons (Fsp3) is 0.222. The number of carbonyl (C=O) groups excluding carboxylic acids is 2. The number of fused-ring (bicyclic) bond motifs is 1. The summed E-state index contributed by atoms with van der Waals surface area (Å²) in [5.74, 6) is -0.423. The van der Waals surface area contributed by atoms with Gasteiger partial charge in [-0.25, -0.2) is 0 Å². The van der Waals surface area contributed by atoms with Crippen LogP contribution >= 0.6 is 11.6 Å². The molecule has 0 fully saturated rings. The molecule has 1 heterocycles. The lowest BCUT2D eigenvalue weighted by Crippen LogP contribution is -2.36. The molecule has 7 nitrogen and oxygen atoms in total. The number of hydrogen-bond acceptors (Lipinski definition) is 5. The Morgan fingerprint density at radius 2 is 1.88 bits per heavy atom. The van der Waals surface area contributed by atoms with Gasteiger partial charge in [0, 0.05) is 6.54 Å². The summed E-state index contributed by atoms with van der Waals surface area (Å²) in [5, 5.41) is 15.4. The monoisotopic (exact) mass is 376 g/mol. The SMILES string of the molecule is O=C(NCC[C@@H](O)c1ccc2c(c1)OCO2)C(=O)Nc1ccccc1Cl. The van der Waals surface area contributed by atoms with Crippen LogP contribution in [0.1, 0.15) is 18.1 Å². The highest BCUT2D eigenvalue weighted by atomic mass is 35.5. The van der Waals surface area contributed by atoms with Crippen LogP contribution in [0.5, 0.6) is 11.5 Å². The normalized spacial score (nSPS) is 13.2. The molecule has 3 N–H and O–H groups in total. The lowest BCUT2D eigenvalue weighted by atomic mass is 10.1. The Bertz CT molecular complexity index is 827. The van der Waals surface area contributed by atoms with Gasteiger partial charge in [0.15, 0.2) is 11.5 Å². The summed E-state index contributed by atoms with van der Waals surface area (Å²) in [7, 11) is 0. The quantitative estimate of drug-likeness (QED) is 0.695. The molecule has 3 rings (SSSR count). The molecule has 0 bridgehead atoms. The lowest BCUT2D eigenvalue weighted by Gasteiger charge is -2.12. The van der Waals surface area contributed by atoms with Gasteiger partial charge in [-0.15, -0.1) is 0 Å². The summed E-state index contributed by atoms with van der Waals surface area (Å²) in [6.07, 6.45) is -0.568. The van der Waals surface area contributed by atoms with E-state index in [2.05, 4.69) is 10.6 Å². The van der Waals surface area contributed by atoms with Crippen LogP contribution in [0, 0.1) is 0 Å². The topological polar surface area (TPSA) is 96.9 Å². The second kappa shape index (κ2) is 8.07. The van der Waals surface area contributed by atoms with Crippen molar-refractivity contribution in [3.8, 4) is 11.5 Å². The van der Waals surface area contributed by atoms with Gasteiger partial charge in [-0.05, 0) is 36.2 Å². The molecule has 2 aromatic carbocycles. The predicted octanol–water partition coefficient (Wildman–Crippen LogP) is 2.25. The Hall–Kier alpha value is -2.77. The molecule has 8 heteroatoms. The van der Waals surface area contributed by atoms with Gasteiger partial charge in [0.1, 0.15) is 0 Å². The number of nitrogens with one attached hydrogen (secondary N) is 2. The molecule has 0 unspecified atom stereocenters. The highest BCUT2D eigenvalue weighted by molar-refractivity contribution is 6.41. The van der Waals surface area contributed by atoms with Crippen molar-refractivity contribution in [1.29, 1.82) is 0 Å². The molecule has 2 aromatic rings. The van der Waals surface area contributed by atoms with Crippen LogP contribution < -0.4 is 20.1 Å². The van der Waals surface area contributed by atoms with Gasteiger partial charge in [0.25, 0.3) is 0 Å². The number of benzene rings is 2. The van der Waals surface area contributed by atoms with Crippen molar-refractivity contribution >= 4 is 29.1 Å². The van der Waals surface area contributed by atoms with Crippen LogP contribution in [-0.4, -0.2) is 30.3 Å². The fourth-order valence-corrected chi connectivity index (χ4v) is 2.61. The van der Waals surface area contributed by atoms with Gasteiger partial charge in [0.2, 0.25) is 6.79 Å². The number of aliphatic hydroxyl groups is 1. The van der Waals surface area contributed by atoms with E-state index >= 15 is 0 Å². The molecule has 0 radical (unpaired) electrons. The summed E-state index contributed by atoms with van der Waals surface area (Å²) >= 11 is 5.93. The number of para-hydroxylation sites is 1. The van der Waals surface area contributed by atoms with Crippen molar-refractivity contribution in [2.24, 2.45) is 0 Å². The number of halogens is 1. The van der Waals surface area contributed by atoms with Crippen LogP contribution in [0.15, 0.2) is 42.5 Å². The third kappa shape index (κ3) is 4.25. The highest BCUT2D eigenvalue weighted by Gasteiger charge is 2.18. The van der Waals surface area contributed by atoms with E-state index in [1.54, 1.807) is 42.5 Å². The Labute approximate surface area is 154 Å². The van der Waals surface area contributed by atoms with E-state index in [1.165, 1.54) is 0 Å². The van der Waals surface area contributed by atoms with Gasteiger partial charge in [0.05, 0.1) is 16.8 Å². The molecule has 1 aliphatic rings. The summed E-state index contributed by atoms with van der Waals surface area (Å²) in [4.78, 5) is 23.7. The lowest BCUT2D eigenvalue weighted by molar-refractivity contribution is -0.136. The molecular formula is C18H17ClN2O5. The van der Waals surface area contributed by atoms with Crippen molar-refractivity contribution in [2.75, 3.05) is 18.7 Å². The first-order chi connectivity index (χ1) is 12.5. The van der Waals surface area contributed by atoms with Gasteiger partial charge >= 0.3 is 11.8 Å². The summed E-state index contributed by atoms with van der Waals surface area (Å²) < 4.78 is 10.5. The fourth-order valence-electron chi connectivity index (χ4n) is 2.43. The van der Waals surface area contributed by atoms with Crippen molar-refractivity contribution < 1.29 is 24.2 Å². The average molecular weight is 377 g/mol. The molecule has 2 amide bonds. The third-order valence-corrected chi connectivity index (χ3v) is 4.14. The van der Waals surface area contributed by atoms with E-state index in [4.69, 9.17) is 21.1 Å². The number of amides is 2. The molecule has 0 aliphatic carbocycles. The summed E-state index contributed by atoms with van der Waals surface area (Å²) in [6, 6.07) is 11.8. The van der Waals surface area contributed by atoms with Crippen molar-refractivity contribution in [2.45, 2.75) is 12.5 Å². The van der Waals surface area contributed by atoms with Gasteiger partial charge in [-0.3, -0.25) is 9.59 Å². The minimum Gasteiger partial charge on any atom is -0.454 e. The number of ether oxygens (including phenoxy) is 2. The second-order valence-electron chi connectivity index (χ2n) is 5.61. The number of hydrogen-bond donors (Lipinski definition) is 3. The molecule has 136 valence electrons. The minimum atomic E-state index is -0.823. The molecule has 1 aliphatic heterocycles. The standard InChI is InChI=1S/C18H17ClN2O5/c19-12-3-1-2-4-13(12)21-18(24)17(23)20-8-7-14(22)11-5-6-15-16(9-11)26-10-25-15/h1-6,9,14,22H,7-8,10H2,(H,20,23)(H,21,24)/t14-/m1/s1. The summed E-state index contributed by atoms with van der Waals surface area (Å²) in [5.41, 5.74) is 0.999. The molecule has 0 spiro atoms. The highest BCUT2D eigenvalue weighted by Crippen LogP contribution is 2.34. The third-order valence-electron chi connectivity index (χ3n) is 3.81. The van der Waals surface area contributed by atoms with Crippen molar-refractivity contribution in [3.05, 3.63) is 53.1 Å². The Kier molecular flexibility index (Phi) is 5.60.